The largest absolute Gasteiger partial charge is 0.377 e. The van der Waals surface area contributed by atoms with Crippen molar-refractivity contribution in [2.45, 2.75) is 88.7 Å². The second-order valence-electron chi connectivity index (χ2n) is 12.6. The van der Waals surface area contributed by atoms with Crippen molar-refractivity contribution in [2.75, 3.05) is 26.2 Å². The van der Waals surface area contributed by atoms with Crippen LogP contribution in [0.25, 0.3) is 0 Å². The van der Waals surface area contributed by atoms with Gasteiger partial charge < -0.3 is 15.0 Å². The molecule has 38 heavy (non-hydrogen) atoms. The summed E-state index contributed by atoms with van der Waals surface area (Å²) in [5, 5.41) is 3.51. The summed E-state index contributed by atoms with van der Waals surface area (Å²) in [5.74, 6) is 0.766. The maximum absolute atomic E-state index is 15.8. The number of carbonyl (C=O) groups excluding carboxylic acids is 1. The fraction of sp³-hybridized carbons (Fsp3) is 0.606. The Morgan fingerprint density at radius 2 is 1.89 bits per heavy atom. The number of hydrogen-bond donors (Lipinski definition) is 1. The van der Waals surface area contributed by atoms with Gasteiger partial charge in [0.2, 0.25) is 5.91 Å². The molecule has 204 valence electrons. The highest BCUT2D eigenvalue weighted by molar-refractivity contribution is 5.82. The van der Waals surface area contributed by atoms with Crippen molar-refractivity contribution in [3.8, 4) is 0 Å². The minimum absolute atomic E-state index is 0.00211. The molecule has 6 rings (SSSR count). The predicted octanol–water partition coefficient (Wildman–Crippen LogP) is 5.91. The molecular formula is C33H43FN2O2. The Bertz CT molecular complexity index is 1150. The summed E-state index contributed by atoms with van der Waals surface area (Å²) in [6, 6.07) is 14.9. The Labute approximate surface area is 227 Å². The van der Waals surface area contributed by atoms with Crippen LogP contribution in [0.1, 0.15) is 80.0 Å². The van der Waals surface area contributed by atoms with E-state index in [0.717, 1.165) is 36.1 Å². The number of piperidine rings is 1. The van der Waals surface area contributed by atoms with Gasteiger partial charge in [-0.2, -0.15) is 0 Å². The van der Waals surface area contributed by atoms with Crippen LogP contribution in [0.5, 0.6) is 0 Å². The van der Waals surface area contributed by atoms with E-state index in [2.05, 4.69) is 53.5 Å². The highest BCUT2D eigenvalue weighted by atomic mass is 19.1. The molecule has 3 heterocycles. The monoisotopic (exact) mass is 518 g/mol. The number of nitrogens with one attached hydrogen (secondary N) is 1. The third-order valence-electron chi connectivity index (χ3n) is 10.1. The van der Waals surface area contributed by atoms with Gasteiger partial charge in [-0.1, -0.05) is 55.7 Å². The molecule has 2 aromatic rings. The van der Waals surface area contributed by atoms with Crippen LogP contribution in [0.4, 0.5) is 4.39 Å². The summed E-state index contributed by atoms with van der Waals surface area (Å²) in [7, 11) is 0. The Morgan fingerprint density at radius 1 is 1.11 bits per heavy atom. The van der Waals surface area contributed by atoms with E-state index in [1.165, 1.54) is 37.7 Å². The van der Waals surface area contributed by atoms with Crippen molar-refractivity contribution in [3.05, 3.63) is 70.5 Å². The van der Waals surface area contributed by atoms with E-state index in [0.29, 0.717) is 38.0 Å². The first kappa shape index (κ1) is 26.0. The number of hydrogen-bond acceptors (Lipinski definition) is 3. The van der Waals surface area contributed by atoms with Gasteiger partial charge in [-0.3, -0.25) is 4.79 Å². The van der Waals surface area contributed by atoms with Crippen molar-refractivity contribution in [2.24, 2.45) is 11.8 Å². The van der Waals surface area contributed by atoms with Gasteiger partial charge in [-0.15, -0.1) is 0 Å². The van der Waals surface area contributed by atoms with Gasteiger partial charge in [0.05, 0.1) is 18.6 Å². The van der Waals surface area contributed by atoms with Gasteiger partial charge in [-0.25, -0.2) is 4.39 Å². The van der Waals surface area contributed by atoms with Crippen molar-refractivity contribution >= 4 is 5.91 Å². The van der Waals surface area contributed by atoms with E-state index < -0.39 is 5.41 Å². The fourth-order valence-electron chi connectivity index (χ4n) is 8.23. The second-order valence-corrected chi connectivity index (χ2v) is 12.6. The van der Waals surface area contributed by atoms with Crippen LogP contribution in [0.2, 0.25) is 0 Å². The van der Waals surface area contributed by atoms with Gasteiger partial charge in [-0.05, 0) is 80.5 Å². The molecule has 0 bridgehead atoms. The Kier molecular flexibility index (Phi) is 7.34. The number of halogens is 1. The number of ether oxygens (including phenoxy) is 1. The molecule has 0 radical (unpaired) electrons. The Balaban J connectivity index is 1.34. The molecule has 0 aromatic heterocycles. The van der Waals surface area contributed by atoms with Gasteiger partial charge in [0.25, 0.3) is 0 Å². The molecular weight excluding hydrogens is 475 g/mol. The van der Waals surface area contributed by atoms with E-state index in [9.17, 15) is 4.79 Å². The lowest BCUT2D eigenvalue weighted by atomic mass is 9.69. The number of likely N-dealkylation sites (tertiary alicyclic amines) is 1. The van der Waals surface area contributed by atoms with Crippen LogP contribution >= 0.6 is 0 Å². The smallest absolute Gasteiger partial charge is 0.228 e. The molecule has 1 spiro atoms. The normalized spacial score (nSPS) is 32.2. The molecule has 5 atom stereocenters. The van der Waals surface area contributed by atoms with Gasteiger partial charge in [0.15, 0.2) is 0 Å². The number of amides is 1. The van der Waals surface area contributed by atoms with Gasteiger partial charge in [0.1, 0.15) is 5.82 Å². The molecule has 1 amide bonds. The fourth-order valence-corrected chi connectivity index (χ4v) is 8.23. The third kappa shape index (κ3) is 4.70. The summed E-state index contributed by atoms with van der Waals surface area (Å²) < 4.78 is 22.1. The number of fused-ring (bicyclic) bond motifs is 2. The van der Waals surface area contributed by atoms with Crippen molar-refractivity contribution in [1.29, 1.82) is 0 Å². The zero-order chi connectivity index (χ0) is 26.3. The highest BCUT2D eigenvalue weighted by Crippen LogP contribution is 2.46. The number of aryl methyl sites for hydroxylation is 1. The van der Waals surface area contributed by atoms with E-state index in [1.54, 1.807) is 6.07 Å². The molecule has 1 saturated carbocycles. The lowest BCUT2D eigenvalue weighted by molar-refractivity contribution is -0.144. The van der Waals surface area contributed by atoms with E-state index >= 15 is 4.39 Å². The molecule has 2 saturated heterocycles. The summed E-state index contributed by atoms with van der Waals surface area (Å²) >= 11 is 0. The minimum atomic E-state index is -0.664. The maximum atomic E-state index is 15.8. The maximum Gasteiger partial charge on any atom is 0.228 e. The standard InChI is InChI=1S/C33H43FN2O2/c1-22-15-27-17-23(2)38-21-33(31(27)29(34)16-22)20-35-19-28(33)32(37)36-14-13-26(24-9-5-3-6-10-24)18-30(36)25-11-7-4-8-12-25/h3,5-6,9-10,15-16,23,25-26,28,30,35H,4,7-8,11-14,17-21H2,1-2H3/t23?,26-,28+,30+,33+/m1/s1. The first-order chi connectivity index (χ1) is 18.5. The number of rotatable bonds is 3. The first-order valence-corrected chi connectivity index (χ1v) is 14.9. The topological polar surface area (TPSA) is 41.6 Å². The zero-order valence-electron chi connectivity index (χ0n) is 23.1. The minimum Gasteiger partial charge on any atom is -0.377 e. The summed E-state index contributed by atoms with van der Waals surface area (Å²) in [4.78, 5) is 16.9. The van der Waals surface area contributed by atoms with Crippen molar-refractivity contribution < 1.29 is 13.9 Å². The number of nitrogens with zero attached hydrogens (tertiary/aromatic N) is 1. The highest BCUT2D eigenvalue weighted by Gasteiger charge is 2.54. The number of benzene rings is 2. The van der Waals surface area contributed by atoms with E-state index in [1.807, 2.05) is 6.92 Å². The summed E-state index contributed by atoms with van der Waals surface area (Å²) in [5.41, 5.74) is 3.41. The summed E-state index contributed by atoms with van der Waals surface area (Å²) in [6.45, 7) is 6.35. The zero-order valence-corrected chi connectivity index (χ0v) is 23.1. The molecule has 1 aliphatic carbocycles. The molecule has 4 aliphatic rings. The lowest BCUT2D eigenvalue weighted by Gasteiger charge is -2.47. The average Bonchev–Trinajstić information content (AvgIpc) is 3.30. The first-order valence-electron chi connectivity index (χ1n) is 14.9. The Hall–Kier alpha value is -2.24. The van der Waals surface area contributed by atoms with Crippen LogP contribution in [0.15, 0.2) is 42.5 Å². The average molecular weight is 519 g/mol. The van der Waals surface area contributed by atoms with Gasteiger partial charge in [0, 0.05) is 36.7 Å². The molecule has 3 fully saturated rings. The van der Waals surface area contributed by atoms with Crippen molar-refractivity contribution in [3.63, 3.8) is 0 Å². The van der Waals surface area contributed by atoms with Crippen LogP contribution in [0, 0.1) is 24.6 Å². The predicted molar refractivity (Wildman–Crippen MR) is 149 cm³/mol. The molecule has 4 nitrogen and oxygen atoms in total. The molecule has 5 heteroatoms. The lowest BCUT2D eigenvalue weighted by Crippen LogP contribution is -2.55. The van der Waals surface area contributed by atoms with E-state index in [-0.39, 0.29) is 29.8 Å². The van der Waals surface area contributed by atoms with Crippen LogP contribution in [0.3, 0.4) is 0 Å². The van der Waals surface area contributed by atoms with Crippen molar-refractivity contribution in [1.82, 2.24) is 10.2 Å². The molecule has 1 N–H and O–H groups in total. The SMILES string of the molecule is Cc1cc(F)c2c(c1)CC(C)OC[C@]21CNC[C@H]1C(=O)N1CC[C@@H](c2ccccc2)C[C@H]1C1CCCCC1. The molecule has 3 aliphatic heterocycles. The molecule has 2 aromatic carbocycles. The third-order valence-corrected chi connectivity index (χ3v) is 10.1. The molecule has 1 unspecified atom stereocenters. The van der Waals surface area contributed by atoms with Crippen LogP contribution in [-0.2, 0) is 21.4 Å². The quantitative estimate of drug-likeness (QED) is 0.550. The Morgan fingerprint density at radius 3 is 2.68 bits per heavy atom. The van der Waals surface area contributed by atoms with Crippen LogP contribution < -0.4 is 5.32 Å². The van der Waals surface area contributed by atoms with Crippen LogP contribution in [-0.4, -0.2) is 49.2 Å². The number of carbonyl (C=O) groups is 1. The van der Waals surface area contributed by atoms with Gasteiger partial charge >= 0.3 is 0 Å². The van der Waals surface area contributed by atoms with E-state index in [4.69, 9.17) is 4.74 Å². The summed E-state index contributed by atoms with van der Waals surface area (Å²) in [6.07, 6.45) is 8.96. The second kappa shape index (κ2) is 10.7.